The van der Waals surface area contributed by atoms with Crippen LogP contribution in [0.25, 0.3) is 0 Å². The number of carbonyl (C=O) groups excluding carboxylic acids is 1. The van der Waals surface area contributed by atoms with Gasteiger partial charge < -0.3 is 4.74 Å². The van der Waals surface area contributed by atoms with Gasteiger partial charge in [0.15, 0.2) is 5.78 Å². The second kappa shape index (κ2) is 3.42. The van der Waals surface area contributed by atoms with Crippen LogP contribution in [-0.2, 0) is 9.53 Å². The standard InChI is InChI=1S/C12H15NO2/c1-12(2,3)11(14)10-9(15-10)8-4-6-13-7-5-8/h4-7,9-10H,1-3H3/t9-,10+/m1/s1. The minimum atomic E-state index is -0.327. The fraction of sp³-hybridized carbons (Fsp3) is 0.500. The van der Waals surface area contributed by atoms with Crippen molar-refractivity contribution < 1.29 is 9.53 Å². The van der Waals surface area contributed by atoms with Gasteiger partial charge in [0.05, 0.1) is 0 Å². The second-order valence-electron chi connectivity index (χ2n) is 4.87. The molecule has 0 radical (unpaired) electrons. The van der Waals surface area contributed by atoms with E-state index in [0.29, 0.717) is 0 Å². The third-order valence-corrected chi connectivity index (χ3v) is 2.52. The summed E-state index contributed by atoms with van der Waals surface area (Å²) in [5.74, 6) is 0.171. The molecule has 2 rings (SSSR count). The molecule has 15 heavy (non-hydrogen) atoms. The molecule has 1 aliphatic heterocycles. The van der Waals surface area contributed by atoms with Crippen LogP contribution in [0.1, 0.15) is 32.4 Å². The van der Waals surface area contributed by atoms with E-state index in [1.54, 1.807) is 12.4 Å². The van der Waals surface area contributed by atoms with Crippen molar-refractivity contribution >= 4 is 5.78 Å². The lowest BCUT2D eigenvalue weighted by Gasteiger charge is -2.14. The van der Waals surface area contributed by atoms with Gasteiger partial charge in [0, 0.05) is 17.8 Å². The van der Waals surface area contributed by atoms with Gasteiger partial charge >= 0.3 is 0 Å². The summed E-state index contributed by atoms with van der Waals surface area (Å²) in [6, 6.07) is 3.78. The molecule has 2 heterocycles. The number of Topliss-reactive ketones (excluding diaryl/α,β-unsaturated/α-hetero) is 1. The van der Waals surface area contributed by atoms with E-state index in [0.717, 1.165) is 5.56 Å². The number of hydrogen-bond donors (Lipinski definition) is 0. The first-order valence-electron chi connectivity index (χ1n) is 5.10. The van der Waals surface area contributed by atoms with Crippen molar-refractivity contribution in [1.82, 2.24) is 4.98 Å². The first-order valence-corrected chi connectivity index (χ1v) is 5.10. The molecule has 0 aliphatic carbocycles. The zero-order valence-corrected chi connectivity index (χ0v) is 9.23. The average molecular weight is 205 g/mol. The van der Waals surface area contributed by atoms with E-state index in [2.05, 4.69) is 4.98 Å². The molecule has 0 N–H and O–H groups in total. The lowest BCUT2D eigenvalue weighted by molar-refractivity contribution is -0.127. The fourth-order valence-electron chi connectivity index (χ4n) is 1.55. The highest BCUT2D eigenvalue weighted by atomic mass is 16.6. The lowest BCUT2D eigenvalue weighted by atomic mass is 9.87. The lowest BCUT2D eigenvalue weighted by Crippen LogP contribution is -2.25. The van der Waals surface area contributed by atoms with Gasteiger partial charge in [-0.05, 0) is 17.7 Å². The Morgan fingerprint density at radius 1 is 1.33 bits per heavy atom. The zero-order chi connectivity index (χ0) is 11.1. The normalized spacial score (nSPS) is 25.0. The molecule has 0 spiro atoms. The molecule has 1 aliphatic rings. The van der Waals surface area contributed by atoms with Crippen molar-refractivity contribution in [1.29, 1.82) is 0 Å². The smallest absolute Gasteiger partial charge is 0.169 e. The Labute approximate surface area is 89.5 Å². The molecule has 1 fully saturated rings. The molecule has 0 amide bonds. The Kier molecular flexibility index (Phi) is 2.35. The van der Waals surface area contributed by atoms with Crippen LogP contribution in [0, 0.1) is 5.41 Å². The van der Waals surface area contributed by atoms with E-state index in [9.17, 15) is 4.79 Å². The molecule has 3 nitrogen and oxygen atoms in total. The van der Waals surface area contributed by atoms with Gasteiger partial charge in [0.25, 0.3) is 0 Å². The highest BCUT2D eigenvalue weighted by Crippen LogP contribution is 2.42. The Morgan fingerprint density at radius 3 is 2.47 bits per heavy atom. The quantitative estimate of drug-likeness (QED) is 0.695. The third-order valence-electron chi connectivity index (χ3n) is 2.52. The van der Waals surface area contributed by atoms with E-state index in [1.807, 2.05) is 32.9 Å². The van der Waals surface area contributed by atoms with Gasteiger partial charge in [0.2, 0.25) is 0 Å². The summed E-state index contributed by atoms with van der Waals surface area (Å²) in [4.78, 5) is 15.8. The number of carbonyl (C=O) groups is 1. The number of ketones is 1. The Balaban J connectivity index is 2.06. The minimum absolute atomic E-state index is 0.0558. The van der Waals surface area contributed by atoms with Crippen LogP contribution in [0.15, 0.2) is 24.5 Å². The van der Waals surface area contributed by atoms with Gasteiger partial charge in [-0.3, -0.25) is 9.78 Å². The first kappa shape index (κ1) is 10.3. The number of pyridine rings is 1. The number of epoxide rings is 1. The van der Waals surface area contributed by atoms with Crippen LogP contribution in [0.3, 0.4) is 0 Å². The molecule has 1 saturated heterocycles. The van der Waals surface area contributed by atoms with E-state index >= 15 is 0 Å². The monoisotopic (exact) mass is 205 g/mol. The predicted octanol–water partition coefficient (Wildman–Crippen LogP) is 2.14. The summed E-state index contributed by atoms with van der Waals surface area (Å²) in [6.07, 6.45) is 3.12. The summed E-state index contributed by atoms with van der Waals surface area (Å²) in [6.45, 7) is 5.75. The fourth-order valence-corrected chi connectivity index (χ4v) is 1.55. The van der Waals surface area contributed by atoms with Crippen molar-refractivity contribution in [2.45, 2.75) is 33.0 Å². The summed E-state index contributed by atoms with van der Waals surface area (Å²) in [7, 11) is 0. The highest BCUT2D eigenvalue weighted by Gasteiger charge is 2.49. The second-order valence-corrected chi connectivity index (χ2v) is 4.87. The summed E-state index contributed by atoms with van der Waals surface area (Å²) < 4.78 is 5.41. The van der Waals surface area contributed by atoms with Gasteiger partial charge in [-0.2, -0.15) is 0 Å². The van der Waals surface area contributed by atoms with E-state index in [1.165, 1.54) is 0 Å². The minimum Gasteiger partial charge on any atom is -0.356 e. The van der Waals surface area contributed by atoms with Crippen molar-refractivity contribution in [3.8, 4) is 0 Å². The first-order chi connectivity index (χ1) is 7.00. The molecule has 0 bridgehead atoms. The predicted molar refractivity (Wildman–Crippen MR) is 56.3 cm³/mol. The molecule has 0 unspecified atom stereocenters. The van der Waals surface area contributed by atoms with Crippen molar-refractivity contribution in [2.24, 2.45) is 5.41 Å². The Morgan fingerprint density at radius 2 is 1.93 bits per heavy atom. The number of nitrogens with zero attached hydrogens (tertiary/aromatic N) is 1. The van der Waals surface area contributed by atoms with Crippen LogP contribution in [0.5, 0.6) is 0 Å². The summed E-state index contributed by atoms with van der Waals surface area (Å²) in [5.41, 5.74) is 0.708. The molecular formula is C12H15NO2. The maximum absolute atomic E-state index is 11.9. The SMILES string of the molecule is CC(C)(C)C(=O)[C@H]1O[C@@H]1c1ccncc1. The largest absolute Gasteiger partial charge is 0.356 e. The molecule has 3 heteroatoms. The van der Waals surface area contributed by atoms with Crippen LogP contribution in [0.2, 0.25) is 0 Å². The van der Waals surface area contributed by atoms with Gasteiger partial charge in [0.1, 0.15) is 12.2 Å². The molecule has 80 valence electrons. The zero-order valence-electron chi connectivity index (χ0n) is 9.23. The number of ether oxygens (including phenoxy) is 1. The summed E-state index contributed by atoms with van der Waals surface area (Å²) >= 11 is 0. The maximum atomic E-state index is 11.9. The van der Waals surface area contributed by atoms with Crippen LogP contribution in [-0.4, -0.2) is 16.9 Å². The number of hydrogen-bond acceptors (Lipinski definition) is 3. The van der Waals surface area contributed by atoms with E-state index in [4.69, 9.17) is 4.74 Å². The van der Waals surface area contributed by atoms with E-state index < -0.39 is 0 Å². The average Bonchev–Trinajstić information content (AvgIpc) is 2.96. The molecule has 1 aromatic rings. The number of rotatable bonds is 2. The van der Waals surface area contributed by atoms with Crippen molar-refractivity contribution in [2.75, 3.05) is 0 Å². The van der Waals surface area contributed by atoms with Crippen molar-refractivity contribution in [3.63, 3.8) is 0 Å². The maximum Gasteiger partial charge on any atom is 0.169 e. The molecular weight excluding hydrogens is 190 g/mol. The van der Waals surface area contributed by atoms with Crippen molar-refractivity contribution in [3.05, 3.63) is 30.1 Å². The van der Waals surface area contributed by atoms with Crippen LogP contribution < -0.4 is 0 Å². The Bertz CT molecular complexity index is 367. The highest BCUT2D eigenvalue weighted by molar-refractivity contribution is 5.90. The van der Waals surface area contributed by atoms with E-state index in [-0.39, 0.29) is 23.4 Å². The van der Waals surface area contributed by atoms with Gasteiger partial charge in [-0.25, -0.2) is 0 Å². The molecule has 0 saturated carbocycles. The van der Waals surface area contributed by atoms with Crippen LogP contribution >= 0.6 is 0 Å². The van der Waals surface area contributed by atoms with Crippen LogP contribution in [0.4, 0.5) is 0 Å². The van der Waals surface area contributed by atoms with Gasteiger partial charge in [-0.15, -0.1) is 0 Å². The molecule has 1 aromatic heterocycles. The van der Waals surface area contributed by atoms with Gasteiger partial charge in [-0.1, -0.05) is 20.8 Å². The third kappa shape index (κ3) is 2.07. The Hall–Kier alpha value is -1.22. The molecule has 0 aromatic carbocycles. The molecule has 2 atom stereocenters. The number of aromatic nitrogens is 1. The topological polar surface area (TPSA) is 42.5 Å². The summed E-state index contributed by atoms with van der Waals surface area (Å²) in [5, 5.41) is 0.